The van der Waals surface area contributed by atoms with Gasteiger partial charge in [0, 0.05) is 7.11 Å². The predicted molar refractivity (Wildman–Crippen MR) is 42.7 cm³/mol. The Kier molecular flexibility index (Phi) is 5.28. The Hall–Kier alpha value is -0.900. The first-order chi connectivity index (χ1) is 5.61. The fourth-order valence-electron chi connectivity index (χ4n) is 0.629. The van der Waals surface area contributed by atoms with Crippen LogP contribution in [0.3, 0.4) is 0 Å². The second kappa shape index (κ2) is 5.71. The molecule has 0 amide bonds. The highest BCUT2D eigenvalue weighted by Crippen LogP contribution is 1.96. The van der Waals surface area contributed by atoms with Crippen LogP contribution < -0.4 is 0 Å². The van der Waals surface area contributed by atoms with Crippen LogP contribution in [0, 0.1) is 0 Å². The number of ketones is 1. The third-order valence-electron chi connectivity index (χ3n) is 1.43. The molecule has 0 aliphatic rings. The van der Waals surface area contributed by atoms with Crippen molar-refractivity contribution in [1.29, 1.82) is 0 Å². The van der Waals surface area contributed by atoms with Gasteiger partial charge in [-0.05, 0) is 13.8 Å². The lowest BCUT2D eigenvalue weighted by Crippen LogP contribution is -2.22. The summed E-state index contributed by atoms with van der Waals surface area (Å²) in [4.78, 5) is 21.8. The number of ether oxygens (including phenoxy) is 2. The highest BCUT2D eigenvalue weighted by atomic mass is 16.5. The van der Waals surface area contributed by atoms with Crippen LogP contribution in [-0.2, 0) is 19.1 Å². The van der Waals surface area contributed by atoms with Gasteiger partial charge in [-0.15, -0.1) is 0 Å². The molecule has 4 heteroatoms. The zero-order valence-electron chi connectivity index (χ0n) is 7.62. The standard InChI is InChI=1S/C8H14O4/c1-4-12-8(10)5-7(9)6(2)11-3/h6H,4-5H2,1-3H3. The molecule has 0 aromatic carbocycles. The van der Waals surface area contributed by atoms with Crippen molar-refractivity contribution < 1.29 is 19.1 Å². The fraction of sp³-hybridized carbons (Fsp3) is 0.750. The monoisotopic (exact) mass is 174 g/mol. The molecule has 12 heavy (non-hydrogen) atoms. The van der Waals surface area contributed by atoms with E-state index >= 15 is 0 Å². The van der Waals surface area contributed by atoms with Crippen molar-refractivity contribution in [3.8, 4) is 0 Å². The summed E-state index contributed by atoms with van der Waals surface area (Å²) in [6.07, 6.45) is -0.738. The number of rotatable bonds is 5. The maximum Gasteiger partial charge on any atom is 0.313 e. The van der Waals surface area contributed by atoms with Gasteiger partial charge >= 0.3 is 5.97 Å². The smallest absolute Gasteiger partial charge is 0.313 e. The first-order valence-electron chi connectivity index (χ1n) is 3.83. The van der Waals surface area contributed by atoms with E-state index in [0.29, 0.717) is 6.61 Å². The Morgan fingerprint density at radius 3 is 2.42 bits per heavy atom. The van der Waals surface area contributed by atoms with E-state index in [0.717, 1.165) is 0 Å². The van der Waals surface area contributed by atoms with Gasteiger partial charge in [-0.25, -0.2) is 0 Å². The van der Waals surface area contributed by atoms with Crippen LogP contribution in [0.2, 0.25) is 0 Å². The molecule has 0 N–H and O–H groups in total. The summed E-state index contributed by atoms with van der Waals surface area (Å²) < 4.78 is 9.33. The molecule has 0 spiro atoms. The van der Waals surface area contributed by atoms with E-state index in [2.05, 4.69) is 4.74 Å². The summed E-state index contributed by atoms with van der Waals surface area (Å²) in [7, 11) is 1.42. The van der Waals surface area contributed by atoms with Crippen molar-refractivity contribution in [1.82, 2.24) is 0 Å². The van der Waals surface area contributed by atoms with Crippen molar-refractivity contribution in [2.24, 2.45) is 0 Å². The predicted octanol–water partition coefficient (Wildman–Crippen LogP) is 0.544. The molecule has 0 saturated heterocycles. The van der Waals surface area contributed by atoms with Gasteiger partial charge in [-0.1, -0.05) is 0 Å². The van der Waals surface area contributed by atoms with E-state index in [1.54, 1.807) is 13.8 Å². The van der Waals surface area contributed by atoms with E-state index in [-0.39, 0.29) is 12.2 Å². The lowest BCUT2D eigenvalue weighted by atomic mass is 10.2. The topological polar surface area (TPSA) is 52.6 Å². The summed E-state index contributed by atoms with van der Waals surface area (Å²) in [6.45, 7) is 3.59. The van der Waals surface area contributed by atoms with Crippen molar-refractivity contribution in [3.05, 3.63) is 0 Å². The summed E-state index contributed by atoms with van der Waals surface area (Å²) in [5, 5.41) is 0. The SMILES string of the molecule is CCOC(=O)CC(=O)C(C)OC. The van der Waals surface area contributed by atoms with Gasteiger partial charge < -0.3 is 9.47 Å². The minimum Gasteiger partial charge on any atom is -0.466 e. The van der Waals surface area contributed by atoms with Gasteiger partial charge in [0.05, 0.1) is 6.61 Å². The van der Waals surface area contributed by atoms with Crippen LogP contribution in [-0.4, -0.2) is 31.6 Å². The fourth-order valence-corrected chi connectivity index (χ4v) is 0.629. The van der Waals surface area contributed by atoms with Gasteiger partial charge in [-0.2, -0.15) is 0 Å². The quantitative estimate of drug-likeness (QED) is 0.451. The molecule has 1 atom stereocenters. The van der Waals surface area contributed by atoms with Crippen LogP contribution in [0.15, 0.2) is 0 Å². The van der Waals surface area contributed by atoms with Crippen molar-refractivity contribution in [3.63, 3.8) is 0 Å². The minimum absolute atomic E-state index is 0.206. The first kappa shape index (κ1) is 11.1. The molecule has 0 aliphatic carbocycles. The molecule has 0 heterocycles. The second-order valence-electron chi connectivity index (χ2n) is 2.33. The molecular formula is C8H14O4. The van der Waals surface area contributed by atoms with Crippen LogP contribution in [0.4, 0.5) is 0 Å². The number of hydrogen-bond acceptors (Lipinski definition) is 4. The maximum absolute atomic E-state index is 11.0. The van der Waals surface area contributed by atoms with E-state index in [9.17, 15) is 9.59 Å². The third kappa shape index (κ3) is 4.08. The average molecular weight is 174 g/mol. The van der Waals surface area contributed by atoms with E-state index in [4.69, 9.17) is 4.74 Å². The Morgan fingerprint density at radius 2 is 2.00 bits per heavy atom. The van der Waals surface area contributed by atoms with Gasteiger partial charge in [0.1, 0.15) is 12.5 Å². The maximum atomic E-state index is 11.0. The van der Waals surface area contributed by atoms with Crippen LogP contribution in [0.25, 0.3) is 0 Å². The van der Waals surface area contributed by atoms with Crippen LogP contribution in [0.1, 0.15) is 20.3 Å². The lowest BCUT2D eigenvalue weighted by molar-refractivity contribution is -0.147. The molecular weight excluding hydrogens is 160 g/mol. The number of carbonyl (C=O) groups is 2. The van der Waals surface area contributed by atoms with Gasteiger partial charge in [0.25, 0.3) is 0 Å². The minimum atomic E-state index is -0.533. The molecule has 70 valence electrons. The molecule has 1 unspecified atom stereocenters. The zero-order valence-corrected chi connectivity index (χ0v) is 7.62. The number of esters is 1. The summed E-state index contributed by atoms with van der Waals surface area (Å²) in [5.41, 5.74) is 0. The molecule has 0 rings (SSSR count). The highest BCUT2D eigenvalue weighted by molar-refractivity contribution is 5.97. The lowest BCUT2D eigenvalue weighted by Gasteiger charge is -2.06. The average Bonchev–Trinajstić information content (AvgIpc) is 2.03. The van der Waals surface area contributed by atoms with E-state index < -0.39 is 12.1 Å². The Bertz CT molecular complexity index is 164. The molecule has 0 bridgehead atoms. The molecule has 0 radical (unpaired) electrons. The summed E-state index contributed by atoms with van der Waals surface area (Å²) in [5.74, 6) is -0.748. The summed E-state index contributed by atoms with van der Waals surface area (Å²) in [6, 6.07) is 0. The van der Waals surface area contributed by atoms with Gasteiger partial charge in [0.2, 0.25) is 0 Å². The molecule has 0 aliphatic heterocycles. The number of hydrogen-bond donors (Lipinski definition) is 0. The van der Waals surface area contributed by atoms with E-state index in [1.165, 1.54) is 7.11 Å². The first-order valence-corrected chi connectivity index (χ1v) is 3.83. The summed E-state index contributed by atoms with van der Waals surface area (Å²) >= 11 is 0. The van der Waals surface area contributed by atoms with Gasteiger partial charge in [-0.3, -0.25) is 9.59 Å². The number of Topliss-reactive ketones (excluding diaryl/α,β-unsaturated/α-hetero) is 1. The molecule has 0 saturated carbocycles. The van der Waals surface area contributed by atoms with Crippen molar-refractivity contribution >= 4 is 11.8 Å². The molecule has 0 aromatic rings. The number of carbonyl (C=O) groups excluding carboxylic acids is 2. The molecule has 0 fully saturated rings. The third-order valence-corrected chi connectivity index (χ3v) is 1.43. The second-order valence-corrected chi connectivity index (χ2v) is 2.33. The van der Waals surface area contributed by atoms with Crippen molar-refractivity contribution in [2.75, 3.05) is 13.7 Å². The zero-order chi connectivity index (χ0) is 9.56. The van der Waals surface area contributed by atoms with Crippen LogP contribution >= 0.6 is 0 Å². The van der Waals surface area contributed by atoms with Crippen molar-refractivity contribution in [2.45, 2.75) is 26.4 Å². The Balaban J connectivity index is 3.76. The number of methoxy groups -OCH3 is 1. The molecule has 0 aromatic heterocycles. The normalized spacial score (nSPS) is 12.2. The molecule has 4 nitrogen and oxygen atoms in total. The van der Waals surface area contributed by atoms with Crippen LogP contribution in [0.5, 0.6) is 0 Å². The van der Waals surface area contributed by atoms with E-state index in [1.807, 2.05) is 0 Å². The Morgan fingerprint density at radius 1 is 1.42 bits per heavy atom. The van der Waals surface area contributed by atoms with Gasteiger partial charge in [0.15, 0.2) is 5.78 Å². The largest absolute Gasteiger partial charge is 0.466 e. The Labute approximate surface area is 71.8 Å². The highest BCUT2D eigenvalue weighted by Gasteiger charge is 2.16.